The molecule has 1 N–H and O–H groups in total. The largest absolute Gasteiger partial charge is 0.381 e. The van der Waals surface area contributed by atoms with Gasteiger partial charge in [-0.05, 0) is 73.4 Å². The maximum Gasteiger partial charge on any atom is 0.251 e. The summed E-state index contributed by atoms with van der Waals surface area (Å²) in [4.78, 5) is 13.2. The molecule has 1 saturated carbocycles. The Morgan fingerprint density at radius 1 is 1.00 bits per heavy atom. The van der Waals surface area contributed by atoms with Gasteiger partial charge in [0.25, 0.3) is 5.91 Å². The molecule has 2 aromatic carbocycles. The highest BCUT2D eigenvalue weighted by Gasteiger charge is 2.23. The van der Waals surface area contributed by atoms with E-state index in [2.05, 4.69) is 23.6 Å². The highest BCUT2D eigenvalue weighted by atomic mass is 32.2. The minimum Gasteiger partial charge on any atom is -0.381 e. The SMILES string of the molecule is O=C(NCC1CCOCC1)c1ccc(S(=O)n2cc(C3CCCC3)c3ccccc32)cc1. The number of amides is 1. The van der Waals surface area contributed by atoms with Crippen molar-refractivity contribution in [2.75, 3.05) is 19.8 Å². The van der Waals surface area contributed by atoms with Crippen LogP contribution in [0.1, 0.15) is 60.4 Å². The molecule has 6 heteroatoms. The summed E-state index contributed by atoms with van der Waals surface area (Å²) in [6, 6.07) is 15.4. The van der Waals surface area contributed by atoms with Crippen LogP contribution in [0.4, 0.5) is 0 Å². The summed E-state index contributed by atoms with van der Waals surface area (Å²) in [6.07, 6.45) is 9.02. The van der Waals surface area contributed by atoms with E-state index in [-0.39, 0.29) is 5.91 Å². The first-order valence-corrected chi connectivity index (χ1v) is 12.8. The molecule has 2 aliphatic rings. The molecule has 5 rings (SSSR count). The van der Waals surface area contributed by atoms with Gasteiger partial charge in [-0.3, -0.25) is 8.77 Å². The van der Waals surface area contributed by atoms with E-state index in [0.29, 0.717) is 28.8 Å². The molecule has 1 amide bonds. The Morgan fingerprint density at radius 2 is 1.72 bits per heavy atom. The second-order valence-corrected chi connectivity index (χ2v) is 10.3. The summed E-state index contributed by atoms with van der Waals surface area (Å²) < 4.78 is 20.7. The Hall–Kier alpha value is -2.44. The van der Waals surface area contributed by atoms with Gasteiger partial charge in [-0.1, -0.05) is 31.0 Å². The van der Waals surface area contributed by atoms with Crippen molar-refractivity contribution in [3.05, 3.63) is 65.9 Å². The fourth-order valence-corrected chi connectivity index (χ4v) is 6.14. The van der Waals surface area contributed by atoms with Crippen molar-refractivity contribution in [2.24, 2.45) is 5.92 Å². The van der Waals surface area contributed by atoms with Gasteiger partial charge in [0.2, 0.25) is 0 Å². The Morgan fingerprint density at radius 3 is 2.47 bits per heavy atom. The summed E-state index contributed by atoms with van der Waals surface area (Å²) in [5.41, 5.74) is 2.92. The second-order valence-electron chi connectivity index (χ2n) is 8.95. The maximum absolute atomic E-state index is 13.5. The Labute approximate surface area is 191 Å². The molecule has 1 aromatic heterocycles. The number of benzene rings is 2. The molecule has 32 heavy (non-hydrogen) atoms. The predicted molar refractivity (Wildman–Crippen MR) is 127 cm³/mol. The van der Waals surface area contributed by atoms with Gasteiger partial charge >= 0.3 is 0 Å². The van der Waals surface area contributed by atoms with Crippen molar-refractivity contribution in [3.8, 4) is 0 Å². The van der Waals surface area contributed by atoms with Crippen LogP contribution >= 0.6 is 0 Å². The summed E-state index contributed by atoms with van der Waals surface area (Å²) >= 11 is 0. The van der Waals surface area contributed by atoms with Crippen molar-refractivity contribution in [2.45, 2.75) is 49.3 Å². The van der Waals surface area contributed by atoms with Gasteiger partial charge in [0.15, 0.2) is 11.0 Å². The first-order chi connectivity index (χ1) is 15.7. The molecule has 2 heterocycles. The minimum absolute atomic E-state index is 0.0799. The maximum atomic E-state index is 13.5. The summed E-state index contributed by atoms with van der Waals surface area (Å²) in [5, 5.41) is 4.24. The number of nitrogens with zero attached hydrogens (tertiary/aromatic N) is 1. The molecule has 0 bridgehead atoms. The Kier molecular flexibility index (Phi) is 6.42. The number of ether oxygens (including phenoxy) is 1. The molecule has 1 saturated heterocycles. The summed E-state index contributed by atoms with van der Waals surface area (Å²) in [5.74, 6) is 0.958. The van der Waals surface area contributed by atoms with Crippen LogP contribution in [0.3, 0.4) is 0 Å². The van der Waals surface area contributed by atoms with Crippen LogP contribution in [0.5, 0.6) is 0 Å². The van der Waals surface area contributed by atoms with E-state index < -0.39 is 11.0 Å². The molecule has 1 aliphatic carbocycles. The summed E-state index contributed by atoms with van der Waals surface area (Å²) in [6.45, 7) is 2.23. The minimum atomic E-state index is -1.36. The van der Waals surface area contributed by atoms with E-state index in [4.69, 9.17) is 4.74 Å². The van der Waals surface area contributed by atoms with E-state index in [1.165, 1.54) is 36.6 Å². The second kappa shape index (κ2) is 9.59. The lowest BCUT2D eigenvalue weighted by Gasteiger charge is -2.22. The molecule has 1 atom stereocenters. The first-order valence-electron chi connectivity index (χ1n) is 11.7. The zero-order valence-corrected chi connectivity index (χ0v) is 19.1. The van der Waals surface area contributed by atoms with Crippen LogP contribution in [-0.4, -0.2) is 33.8 Å². The number of hydrogen-bond donors (Lipinski definition) is 1. The van der Waals surface area contributed by atoms with E-state index in [0.717, 1.165) is 31.6 Å². The molecule has 168 valence electrons. The molecule has 0 spiro atoms. The van der Waals surface area contributed by atoms with Gasteiger partial charge in [0, 0.05) is 36.9 Å². The topological polar surface area (TPSA) is 60.3 Å². The molecular weight excluding hydrogens is 420 g/mol. The van der Waals surface area contributed by atoms with Gasteiger partial charge in [0.1, 0.15) is 0 Å². The third-order valence-electron chi connectivity index (χ3n) is 6.89. The van der Waals surface area contributed by atoms with Crippen LogP contribution < -0.4 is 5.32 Å². The predicted octanol–water partition coefficient (Wildman–Crippen LogP) is 5.03. The lowest BCUT2D eigenvalue weighted by atomic mass is 9.97. The number of hydrogen-bond acceptors (Lipinski definition) is 3. The first kappa shape index (κ1) is 21.4. The summed E-state index contributed by atoms with van der Waals surface area (Å²) in [7, 11) is -1.36. The van der Waals surface area contributed by atoms with Crippen LogP contribution in [0, 0.1) is 5.92 Å². The van der Waals surface area contributed by atoms with Crippen molar-refractivity contribution < 1.29 is 13.7 Å². The van der Waals surface area contributed by atoms with Crippen molar-refractivity contribution >= 4 is 27.8 Å². The fraction of sp³-hybridized carbons (Fsp3) is 0.423. The van der Waals surface area contributed by atoms with Crippen LogP contribution in [0.25, 0.3) is 10.9 Å². The number of para-hydroxylation sites is 1. The number of carbonyl (C=O) groups excluding carboxylic acids is 1. The van der Waals surface area contributed by atoms with Crippen LogP contribution in [0.2, 0.25) is 0 Å². The molecule has 2 fully saturated rings. The standard InChI is InChI=1S/C26H30N2O3S/c29-26(27-17-19-13-15-31-16-14-19)21-9-11-22(12-10-21)32(30)28-18-24(20-5-1-2-6-20)23-7-3-4-8-25(23)28/h3-4,7-12,18-20H,1-2,5-6,13-17H2,(H,27,29). The average Bonchev–Trinajstić information content (AvgIpc) is 3.51. The highest BCUT2D eigenvalue weighted by Crippen LogP contribution is 2.39. The van der Waals surface area contributed by atoms with E-state index >= 15 is 0 Å². The monoisotopic (exact) mass is 450 g/mol. The van der Waals surface area contributed by atoms with E-state index in [1.54, 1.807) is 12.1 Å². The van der Waals surface area contributed by atoms with E-state index in [1.807, 2.05) is 28.2 Å². The lowest BCUT2D eigenvalue weighted by molar-refractivity contribution is 0.0642. The van der Waals surface area contributed by atoms with Gasteiger partial charge < -0.3 is 10.1 Å². The normalized spacial score (nSPS) is 18.8. The smallest absolute Gasteiger partial charge is 0.251 e. The third-order valence-corrected chi connectivity index (χ3v) is 8.23. The van der Waals surface area contributed by atoms with Gasteiger partial charge in [-0.2, -0.15) is 0 Å². The Balaban J connectivity index is 1.32. The highest BCUT2D eigenvalue weighted by molar-refractivity contribution is 7.83. The Bertz CT molecular complexity index is 1110. The fourth-order valence-electron chi connectivity index (χ4n) is 5.00. The molecule has 3 aromatic rings. The van der Waals surface area contributed by atoms with Gasteiger partial charge in [0.05, 0.1) is 10.4 Å². The number of nitrogens with one attached hydrogen (secondary N) is 1. The average molecular weight is 451 g/mol. The zero-order chi connectivity index (χ0) is 21.9. The van der Waals surface area contributed by atoms with Crippen molar-refractivity contribution in [1.29, 1.82) is 0 Å². The van der Waals surface area contributed by atoms with Gasteiger partial charge in [-0.25, -0.2) is 4.21 Å². The third kappa shape index (κ3) is 4.39. The zero-order valence-electron chi connectivity index (χ0n) is 18.3. The van der Waals surface area contributed by atoms with Crippen molar-refractivity contribution in [1.82, 2.24) is 9.29 Å². The lowest BCUT2D eigenvalue weighted by Crippen LogP contribution is -2.32. The number of rotatable bonds is 6. The van der Waals surface area contributed by atoms with Crippen LogP contribution in [0.15, 0.2) is 59.6 Å². The van der Waals surface area contributed by atoms with E-state index in [9.17, 15) is 9.00 Å². The van der Waals surface area contributed by atoms with Gasteiger partial charge in [-0.15, -0.1) is 0 Å². The molecule has 0 radical (unpaired) electrons. The molecular formula is C26H30N2O3S. The molecule has 1 unspecified atom stereocenters. The molecule has 1 aliphatic heterocycles. The van der Waals surface area contributed by atoms with Crippen LogP contribution in [-0.2, 0) is 15.7 Å². The van der Waals surface area contributed by atoms with Crippen molar-refractivity contribution in [3.63, 3.8) is 0 Å². The number of fused-ring (bicyclic) bond motifs is 1. The number of carbonyl (C=O) groups is 1. The number of aromatic nitrogens is 1. The quantitative estimate of drug-likeness (QED) is 0.573. The molecule has 5 nitrogen and oxygen atoms in total.